The van der Waals surface area contributed by atoms with E-state index in [1.165, 1.54) is 0 Å². The molecule has 1 aromatic carbocycles. The minimum Gasteiger partial charge on any atom is -0.350 e. The van der Waals surface area contributed by atoms with Gasteiger partial charge in [0.1, 0.15) is 5.69 Å². The van der Waals surface area contributed by atoms with E-state index < -0.39 is 0 Å². The molecular formula is C17H17N5O2. The molecule has 1 unspecified atom stereocenters. The molecule has 3 heterocycles. The fourth-order valence-corrected chi connectivity index (χ4v) is 3.02. The summed E-state index contributed by atoms with van der Waals surface area (Å²) in [6.45, 7) is 0.457. The summed E-state index contributed by atoms with van der Waals surface area (Å²) in [5, 5.41) is 8.08. The van der Waals surface area contributed by atoms with Crippen LogP contribution in [0.2, 0.25) is 0 Å². The second-order valence-corrected chi connectivity index (χ2v) is 5.99. The number of aromatic nitrogens is 3. The van der Waals surface area contributed by atoms with Gasteiger partial charge in [0.2, 0.25) is 5.76 Å². The first-order valence-corrected chi connectivity index (χ1v) is 7.73. The van der Waals surface area contributed by atoms with Gasteiger partial charge in [0, 0.05) is 43.1 Å². The van der Waals surface area contributed by atoms with Crippen LogP contribution < -0.4 is 10.6 Å². The average molecular weight is 323 g/mol. The van der Waals surface area contributed by atoms with Crippen LogP contribution in [-0.2, 0) is 13.5 Å². The molecule has 122 valence electrons. The maximum Gasteiger partial charge on any atom is 0.296 e. The molecule has 2 N–H and O–H groups in total. The zero-order chi connectivity index (χ0) is 16.7. The van der Waals surface area contributed by atoms with Crippen LogP contribution in [0, 0.1) is 0 Å². The van der Waals surface area contributed by atoms with Gasteiger partial charge in [-0.15, -0.1) is 0 Å². The third kappa shape index (κ3) is 2.48. The Labute approximate surface area is 138 Å². The molecule has 4 rings (SSSR count). The number of nitrogens with two attached hydrogens (primary N) is 1. The Hall–Kier alpha value is -2.93. The molecule has 1 aliphatic rings. The van der Waals surface area contributed by atoms with Crippen molar-refractivity contribution in [3.63, 3.8) is 0 Å². The van der Waals surface area contributed by atoms with Crippen molar-refractivity contribution >= 4 is 11.6 Å². The third-order valence-electron chi connectivity index (χ3n) is 4.15. The third-order valence-corrected chi connectivity index (χ3v) is 4.15. The summed E-state index contributed by atoms with van der Waals surface area (Å²) in [7, 11) is 1.82. The van der Waals surface area contributed by atoms with Crippen molar-refractivity contribution in [1.82, 2.24) is 14.9 Å². The molecular weight excluding hydrogens is 306 g/mol. The summed E-state index contributed by atoms with van der Waals surface area (Å²) in [6.07, 6.45) is 4.26. The molecule has 0 bridgehead atoms. The van der Waals surface area contributed by atoms with Crippen LogP contribution in [0.25, 0.3) is 11.3 Å². The number of fused-ring (bicyclic) bond motifs is 1. The zero-order valence-electron chi connectivity index (χ0n) is 13.2. The first-order valence-electron chi connectivity index (χ1n) is 7.73. The first-order chi connectivity index (χ1) is 11.6. The largest absolute Gasteiger partial charge is 0.350 e. The second kappa shape index (κ2) is 5.61. The molecule has 0 saturated heterocycles. The number of amides is 1. The summed E-state index contributed by atoms with van der Waals surface area (Å²) >= 11 is 0. The molecule has 0 saturated carbocycles. The molecule has 7 heteroatoms. The lowest BCUT2D eigenvalue weighted by atomic mass is 9.98. The summed E-state index contributed by atoms with van der Waals surface area (Å²) in [5.41, 5.74) is 9.43. The highest BCUT2D eigenvalue weighted by Gasteiger charge is 2.29. The van der Waals surface area contributed by atoms with Crippen LogP contribution in [0.15, 0.2) is 47.2 Å². The average Bonchev–Trinajstić information content (AvgIpc) is 3.22. The number of anilines is 1. The quantitative estimate of drug-likeness (QED) is 0.773. The van der Waals surface area contributed by atoms with Crippen LogP contribution in [0.5, 0.6) is 0 Å². The Kier molecular flexibility index (Phi) is 3.42. The van der Waals surface area contributed by atoms with Crippen LogP contribution in [0.1, 0.15) is 16.1 Å². The summed E-state index contributed by atoms with van der Waals surface area (Å²) in [4.78, 5) is 14.5. The van der Waals surface area contributed by atoms with Crippen molar-refractivity contribution in [1.29, 1.82) is 0 Å². The number of hydrogen-bond donors (Lipinski definition) is 1. The molecule has 1 amide bonds. The molecule has 0 radical (unpaired) electrons. The van der Waals surface area contributed by atoms with Gasteiger partial charge in [0.25, 0.3) is 5.91 Å². The van der Waals surface area contributed by atoms with Crippen LogP contribution in [0.4, 0.5) is 5.69 Å². The Balaban J connectivity index is 1.66. The fraction of sp³-hybridized carbons (Fsp3) is 0.235. The molecule has 1 aliphatic heterocycles. The van der Waals surface area contributed by atoms with E-state index in [0.29, 0.717) is 12.2 Å². The van der Waals surface area contributed by atoms with Crippen molar-refractivity contribution in [2.45, 2.75) is 12.5 Å². The minimum absolute atomic E-state index is 0.0930. The molecule has 24 heavy (non-hydrogen) atoms. The number of rotatable bonds is 2. The van der Waals surface area contributed by atoms with Gasteiger partial charge in [-0.25, -0.2) is 0 Å². The number of benzene rings is 1. The fourth-order valence-electron chi connectivity index (χ4n) is 3.02. The van der Waals surface area contributed by atoms with E-state index in [0.717, 1.165) is 23.2 Å². The van der Waals surface area contributed by atoms with Crippen LogP contribution in [-0.4, -0.2) is 33.4 Å². The van der Waals surface area contributed by atoms with Gasteiger partial charge in [-0.3, -0.25) is 9.48 Å². The molecule has 3 aromatic rings. The normalized spacial score (nSPS) is 16.9. The Bertz CT molecular complexity index is 898. The molecule has 0 spiro atoms. The van der Waals surface area contributed by atoms with Crippen molar-refractivity contribution < 1.29 is 9.32 Å². The molecule has 0 aliphatic carbocycles. The number of carbonyl (C=O) groups is 1. The maximum atomic E-state index is 12.9. The topological polar surface area (TPSA) is 90.2 Å². The lowest BCUT2D eigenvalue weighted by Gasteiger charge is -2.32. The summed E-state index contributed by atoms with van der Waals surface area (Å²) in [6, 6.07) is 9.34. The monoisotopic (exact) mass is 323 g/mol. The Morgan fingerprint density at radius 3 is 3.00 bits per heavy atom. The smallest absolute Gasteiger partial charge is 0.296 e. The number of hydrogen-bond acceptors (Lipinski definition) is 5. The van der Waals surface area contributed by atoms with E-state index in [1.807, 2.05) is 37.5 Å². The van der Waals surface area contributed by atoms with Gasteiger partial charge in [0.15, 0.2) is 0 Å². The van der Waals surface area contributed by atoms with Crippen molar-refractivity contribution in [2.75, 3.05) is 11.4 Å². The highest BCUT2D eigenvalue weighted by atomic mass is 16.5. The first kappa shape index (κ1) is 14.6. The van der Waals surface area contributed by atoms with E-state index in [2.05, 4.69) is 10.3 Å². The molecule has 7 nitrogen and oxygen atoms in total. The molecule has 2 aromatic heterocycles. The van der Waals surface area contributed by atoms with Crippen molar-refractivity contribution in [3.8, 4) is 11.3 Å². The highest BCUT2D eigenvalue weighted by molar-refractivity contribution is 6.05. The minimum atomic E-state index is -0.236. The maximum absolute atomic E-state index is 12.9. The van der Waals surface area contributed by atoms with Gasteiger partial charge in [-0.1, -0.05) is 23.4 Å². The Morgan fingerprint density at radius 2 is 2.21 bits per heavy atom. The lowest BCUT2D eigenvalue weighted by molar-refractivity contribution is 0.0948. The highest BCUT2D eigenvalue weighted by Crippen LogP contribution is 2.28. The SMILES string of the molecule is Cn1cc(-c2cc(C(=O)N3CC(N)Cc4ccccc43)on2)cn1. The van der Waals surface area contributed by atoms with E-state index in [4.69, 9.17) is 10.3 Å². The molecule has 1 atom stereocenters. The van der Waals surface area contributed by atoms with Crippen LogP contribution >= 0.6 is 0 Å². The lowest BCUT2D eigenvalue weighted by Crippen LogP contribution is -2.46. The van der Waals surface area contributed by atoms with Gasteiger partial charge in [-0.2, -0.15) is 5.10 Å². The van der Waals surface area contributed by atoms with E-state index >= 15 is 0 Å². The summed E-state index contributed by atoms with van der Waals surface area (Å²) < 4.78 is 6.95. The summed E-state index contributed by atoms with van der Waals surface area (Å²) in [5.74, 6) is -0.0435. The van der Waals surface area contributed by atoms with E-state index in [9.17, 15) is 4.79 Å². The Morgan fingerprint density at radius 1 is 1.38 bits per heavy atom. The van der Waals surface area contributed by atoms with Crippen molar-refractivity contribution in [3.05, 3.63) is 54.0 Å². The number of carbonyl (C=O) groups excluding carboxylic acids is 1. The predicted octanol–water partition coefficient (Wildman–Crippen LogP) is 1.61. The zero-order valence-corrected chi connectivity index (χ0v) is 13.2. The van der Waals surface area contributed by atoms with E-state index in [1.54, 1.807) is 21.8 Å². The van der Waals surface area contributed by atoms with Gasteiger partial charge >= 0.3 is 0 Å². The van der Waals surface area contributed by atoms with Gasteiger partial charge in [-0.05, 0) is 18.1 Å². The predicted molar refractivity (Wildman–Crippen MR) is 88.5 cm³/mol. The van der Waals surface area contributed by atoms with Crippen LogP contribution in [0.3, 0.4) is 0 Å². The van der Waals surface area contributed by atoms with Crippen molar-refractivity contribution in [2.24, 2.45) is 12.8 Å². The number of nitrogens with zero attached hydrogens (tertiary/aromatic N) is 4. The van der Waals surface area contributed by atoms with E-state index in [-0.39, 0.29) is 17.7 Å². The number of aryl methyl sites for hydroxylation is 1. The number of para-hydroxylation sites is 1. The van der Waals surface area contributed by atoms with Gasteiger partial charge in [0.05, 0.1) is 6.20 Å². The second-order valence-electron chi connectivity index (χ2n) is 5.99. The van der Waals surface area contributed by atoms with Gasteiger partial charge < -0.3 is 15.2 Å². The standard InChI is InChI=1S/C17H17N5O2/c1-21-9-12(8-19-21)14-7-16(24-20-14)17(23)22-10-13(18)6-11-4-2-3-5-15(11)22/h2-5,7-9,13H,6,10,18H2,1H3. The molecule has 0 fully saturated rings.